The summed E-state index contributed by atoms with van der Waals surface area (Å²) < 4.78 is 62.0. The van der Waals surface area contributed by atoms with Crippen LogP contribution in [-0.4, -0.2) is 266 Å². The Bertz CT molecular complexity index is 1620. The second-order valence-corrected chi connectivity index (χ2v) is 18.5. The summed E-state index contributed by atoms with van der Waals surface area (Å²) in [5, 5.41) is 108. The number of carbonyl (C=O) groups excluding carboxylic acids is 4. The molecule has 3 rings (SSSR count). The molecule has 28 heteroatoms. The van der Waals surface area contributed by atoms with Gasteiger partial charge >= 0.3 is 6.09 Å². The molecule has 6 unspecified atom stereocenters. The van der Waals surface area contributed by atoms with Crippen LogP contribution in [0.2, 0.25) is 0 Å². The molecule has 0 saturated carbocycles. The molecule has 0 aromatic heterocycles. The number of hydrogen-bond donors (Lipinski definition) is 13. The normalized spacial score (nSPS) is 32.2. The summed E-state index contributed by atoms with van der Waals surface area (Å²) in [6.45, 7) is 6.90. The van der Waals surface area contributed by atoms with Gasteiger partial charge in [0.15, 0.2) is 18.4 Å². The molecule has 3 fully saturated rings. The molecule has 13 N–H and O–H groups in total. The van der Waals surface area contributed by atoms with Crippen LogP contribution in [0.1, 0.15) is 48.0 Å². The van der Waals surface area contributed by atoms with E-state index in [0.717, 1.165) is 0 Å². The predicted octanol–water partition coefficient (Wildman–Crippen LogP) is -5.92. The van der Waals surface area contributed by atoms with Crippen molar-refractivity contribution in [2.45, 2.75) is 158 Å². The Morgan fingerprint density at radius 2 is 1.33 bits per heavy atom. The summed E-state index contributed by atoms with van der Waals surface area (Å²) in [5.41, 5.74) is 0. The van der Waals surface area contributed by atoms with Crippen LogP contribution in [0.4, 0.5) is 4.79 Å². The fourth-order valence-corrected chi connectivity index (χ4v) is 8.39. The first-order valence-electron chi connectivity index (χ1n) is 23.9. The third-order valence-corrected chi connectivity index (χ3v) is 11.9. The summed E-state index contributed by atoms with van der Waals surface area (Å²) in [5.74, 6) is -4.73. The molecule has 4 amide bonds. The molecule has 0 aromatic rings. The van der Waals surface area contributed by atoms with Crippen molar-refractivity contribution in [2.75, 3.05) is 86.8 Å². The molecule has 72 heavy (non-hydrogen) atoms. The Kier molecular flexibility index (Phi) is 27.3. The maximum Gasteiger partial charge on any atom is 0.407 e. The van der Waals surface area contributed by atoms with Gasteiger partial charge in [0.25, 0.3) is 0 Å². The van der Waals surface area contributed by atoms with Gasteiger partial charge in [-0.1, -0.05) is 27.7 Å². The largest absolute Gasteiger partial charge is 0.447 e. The summed E-state index contributed by atoms with van der Waals surface area (Å²) in [7, 11) is 2.89. The van der Waals surface area contributed by atoms with Crippen LogP contribution in [0.15, 0.2) is 0 Å². The summed E-state index contributed by atoms with van der Waals surface area (Å²) in [6.07, 6.45) is -24.7. The molecule has 3 aliphatic heterocycles. The number of aliphatic hydroxyl groups is 9. The van der Waals surface area contributed by atoms with E-state index in [9.17, 15) is 65.1 Å². The van der Waals surface area contributed by atoms with Gasteiger partial charge in [0.05, 0.1) is 84.3 Å². The van der Waals surface area contributed by atoms with Gasteiger partial charge in [0.2, 0.25) is 17.7 Å². The Labute approximate surface area is 418 Å². The number of nitrogens with one attached hydrogen (secondary N) is 4. The minimum Gasteiger partial charge on any atom is -0.447 e. The van der Waals surface area contributed by atoms with Crippen LogP contribution in [0.3, 0.4) is 0 Å². The number of rotatable bonds is 30. The van der Waals surface area contributed by atoms with Crippen molar-refractivity contribution in [3.8, 4) is 0 Å². The molecule has 420 valence electrons. The second kappa shape index (κ2) is 31.1. The fraction of sp³-hybridized carbons (Fsp3) is 0.909. The van der Waals surface area contributed by atoms with Crippen LogP contribution < -0.4 is 21.3 Å². The predicted molar refractivity (Wildman–Crippen MR) is 243 cm³/mol. The van der Waals surface area contributed by atoms with Crippen molar-refractivity contribution in [1.29, 1.82) is 0 Å². The SMILES string of the molecule is COCCOCCOCC(NC(=O)OCCOC)C(=O)NCC(=O)N[C@H]1C([C@H](O)[C@H](O)CO)O[C@](C)(O[C@@H]2C(O)[C@H](O[C@@H]3C(NC(C)=O)[C@@H](OC(C(C)C)C(C)C)OC(CO)[C@@H]3O)OC(CO)[C@@H]2O)C[C@H]1O. The lowest BCUT2D eigenvalue weighted by Crippen LogP contribution is -2.70. The van der Waals surface area contributed by atoms with Crippen LogP contribution in [-0.2, 0) is 66.5 Å². The number of alkyl carbamates (subject to hydrolysis) is 1. The van der Waals surface area contributed by atoms with E-state index >= 15 is 0 Å². The molecule has 0 aliphatic carbocycles. The molecule has 0 bridgehead atoms. The standard InChI is InChI=1S/C44H80N4O24/c1-21(2)36(22(3)4)69-41-31(46-23(5)52)37(33(57)27(18-50)67-41)70-42-35(59)39(34(58)28(19-51)68-42)72-44(6)15-25(53)30(38(71-44)32(56)26(54)17-49)48-29(55)16-45-40(60)24(47-43(61)66-14-10-63-8)20-65-13-12-64-11-9-62-7/h21-22,24-28,30-39,41-42,49-51,53-54,56-59H,9-20H2,1-8H3,(H,45,60)(H,46,52)(H,47,61)(H,48,55)/t24?,25-,26-,27?,28?,30-,31?,32-,33+,34+,35?,37-,38?,39+,41-,42+,44-/m1/s1. The average Bonchev–Trinajstić information content (AvgIpc) is 3.32. The monoisotopic (exact) mass is 1050 g/mol. The van der Waals surface area contributed by atoms with Gasteiger partial charge in [0, 0.05) is 27.6 Å². The average molecular weight is 1050 g/mol. The Morgan fingerprint density at radius 1 is 0.750 bits per heavy atom. The van der Waals surface area contributed by atoms with Crippen LogP contribution >= 0.6 is 0 Å². The van der Waals surface area contributed by atoms with Crippen molar-refractivity contribution in [3.05, 3.63) is 0 Å². The van der Waals surface area contributed by atoms with E-state index in [0.29, 0.717) is 6.61 Å². The Morgan fingerprint density at radius 3 is 1.92 bits per heavy atom. The number of aliphatic hydroxyl groups excluding tert-OH is 9. The molecule has 3 heterocycles. The minimum absolute atomic E-state index is 0.0172. The van der Waals surface area contributed by atoms with E-state index < -0.39 is 166 Å². The minimum atomic E-state index is -2.14. The van der Waals surface area contributed by atoms with Gasteiger partial charge in [-0.15, -0.1) is 0 Å². The smallest absolute Gasteiger partial charge is 0.407 e. The molecule has 17 atom stereocenters. The first kappa shape index (κ1) is 63.2. The topological polar surface area (TPSA) is 400 Å². The molecule has 28 nitrogen and oxygen atoms in total. The lowest BCUT2D eigenvalue weighted by atomic mass is 9.88. The van der Waals surface area contributed by atoms with Gasteiger partial charge in [0.1, 0.15) is 79.7 Å². The zero-order valence-corrected chi connectivity index (χ0v) is 42.1. The zero-order chi connectivity index (χ0) is 53.9. The number of ether oxygens (including phenoxy) is 11. The first-order chi connectivity index (χ1) is 34.1. The molecular formula is C44H80N4O24. The first-order valence-corrected chi connectivity index (χ1v) is 23.9. The van der Waals surface area contributed by atoms with E-state index in [4.69, 9.17) is 52.1 Å². The highest BCUT2D eigenvalue weighted by Gasteiger charge is 2.56. The van der Waals surface area contributed by atoms with E-state index in [1.807, 2.05) is 27.7 Å². The van der Waals surface area contributed by atoms with Crippen molar-refractivity contribution in [2.24, 2.45) is 11.8 Å². The lowest BCUT2D eigenvalue weighted by molar-refractivity contribution is -0.385. The van der Waals surface area contributed by atoms with E-state index in [1.165, 1.54) is 28.1 Å². The highest BCUT2D eigenvalue weighted by Crippen LogP contribution is 2.38. The van der Waals surface area contributed by atoms with Crippen molar-refractivity contribution in [3.63, 3.8) is 0 Å². The number of methoxy groups -OCH3 is 2. The zero-order valence-electron chi connectivity index (χ0n) is 42.1. The number of carbonyl (C=O) groups is 4. The third kappa shape index (κ3) is 18.6. The Balaban J connectivity index is 1.84. The van der Waals surface area contributed by atoms with E-state index in [2.05, 4.69) is 21.3 Å². The van der Waals surface area contributed by atoms with Gasteiger partial charge in [-0.25, -0.2) is 4.79 Å². The number of amides is 4. The quantitative estimate of drug-likeness (QED) is 0.0298. The van der Waals surface area contributed by atoms with E-state index in [1.54, 1.807) is 0 Å². The van der Waals surface area contributed by atoms with Gasteiger partial charge in [-0.3, -0.25) is 14.4 Å². The van der Waals surface area contributed by atoms with Crippen molar-refractivity contribution >= 4 is 23.8 Å². The van der Waals surface area contributed by atoms with Crippen LogP contribution in [0.25, 0.3) is 0 Å². The highest BCUT2D eigenvalue weighted by atomic mass is 16.8. The van der Waals surface area contributed by atoms with Gasteiger partial charge in [-0.2, -0.15) is 0 Å². The second-order valence-electron chi connectivity index (χ2n) is 18.5. The maximum absolute atomic E-state index is 13.4. The lowest BCUT2D eigenvalue weighted by Gasteiger charge is -2.51. The third-order valence-electron chi connectivity index (χ3n) is 11.9. The van der Waals surface area contributed by atoms with Gasteiger partial charge < -0.3 is 119 Å². The summed E-state index contributed by atoms with van der Waals surface area (Å²) in [4.78, 5) is 51.6. The summed E-state index contributed by atoms with van der Waals surface area (Å²) >= 11 is 0. The molecule has 3 saturated heterocycles. The molecular weight excluding hydrogens is 968 g/mol. The molecule has 3 aliphatic rings. The fourth-order valence-electron chi connectivity index (χ4n) is 8.39. The Hall–Kier alpha value is -3.08. The van der Waals surface area contributed by atoms with Crippen molar-refractivity contribution < 1.29 is 117 Å². The maximum atomic E-state index is 13.4. The van der Waals surface area contributed by atoms with Crippen LogP contribution in [0.5, 0.6) is 0 Å². The van der Waals surface area contributed by atoms with Crippen LogP contribution in [0, 0.1) is 11.8 Å². The number of hydrogen-bond acceptors (Lipinski definition) is 24. The molecule has 0 aromatic carbocycles. The highest BCUT2D eigenvalue weighted by molar-refractivity contribution is 5.89. The molecule has 0 spiro atoms. The molecule has 0 radical (unpaired) electrons. The summed E-state index contributed by atoms with van der Waals surface area (Å²) in [6, 6.07) is -4.28. The van der Waals surface area contributed by atoms with Gasteiger partial charge in [-0.05, 0) is 18.8 Å². The van der Waals surface area contributed by atoms with E-state index in [-0.39, 0.29) is 51.5 Å². The van der Waals surface area contributed by atoms with Crippen molar-refractivity contribution in [1.82, 2.24) is 21.3 Å².